The van der Waals surface area contributed by atoms with Gasteiger partial charge in [0.25, 0.3) is 0 Å². The lowest BCUT2D eigenvalue weighted by Gasteiger charge is -2.29. The highest BCUT2D eigenvalue weighted by molar-refractivity contribution is 5.84. The van der Waals surface area contributed by atoms with Gasteiger partial charge in [0.05, 0.1) is 19.3 Å². The third kappa shape index (κ3) is 4.91. The molecule has 0 N–H and O–H groups in total. The average Bonchev–Trinajstić information content (AvgIpc) is 2.80. The van der Waals surface area contributed by atoms with Crippen LogP contribution in [0, 0.1) is 29.3 Å². The highest BCUT2D eigenvalue weighted by Gasteiger charge is 2.23. The molecule has 0 spiro atoms. The molecule has 3 aromatic carbocycles. The second kappa shape index (κ2) is 9.52. The normalized spacial score (nSPS) is 18.6. The van der Waals surface area contributed by atoms with Crippen LogP contribution in [0.2, 0.25) is 0 Å². The van der Waals surface area contributed by atoms with E-state index in [1.54, 1.807) is 13.2 Å². The van der Waals surface area contributed by atoms with Crippen LogP contribution in [0.5, 0.6) is 0 Å². The molecule has 31 heavy (non-hydrogen) atoms. The van der Waals surface area contributed by atoms with Gasteiger partial charge in [0.15, 0.2) is 17.5 Å². The lowest BCUT2D eigenvalue weighted by atomic mass is 10.0. The number of hydrogen-bond acceptors (Lipinski definition) is 3. The van der Waals surface area contributed by atoms with Crippen molar-refractivity contribution in [2.24, 2.45) is 0 Å². The minimum atomic E-state index is -1.47. The van der Waals surface area contributed by atoms with Crippen molar-refractivity contribution in [1.82, 2.24) is 0 Å². The topological polar surface area (TPSA) is 27.7 Å². The molecule has 3 aromatic rings. The van der Waals surface area contributed by atoms with Crippen molar-refractivity contribution in [1.29, 1.82) is 0 Å². The summed E-state index contributed by atoms with van der Waals surface area (Å²) in [5.41, 5.74) is 2.37. The Morgan fingerprint density at radius 3 is 2.35 bits per heavy atom. The van der Waals surface area contributed by atoms with E-state index in [9.17, 15) is 13.2 Å². The predicted molar refractivity (Wildman–Crippen MR) is 111 cm³/mol. The van der Waals surface area contributed by atoms with Gasteiger partial charge in [0.2, 0.25) is 0 Å². The van der Waals surface area contributed by atoms with E-state index >= 15 is 0 Å². The third-order valence-corrected chi connectivity index (χ3v) is 5.22. The van der Waals surface area contributed by atoms with Crippen LogP contribution >= 0.6 is 0 Å². The monoisotopic (exact) mass is 426 g/mol. The first-order chi connectivity index (χ1) is 15.0. The van der Waals surface area contributed by atoms with E-state index in [1.165, 1.54) is 12.1 Å². The maximum absolute atomic E-state index is 13.8. The zero-order valence-electron chi connectivity index (χ0n) is 17.0. The van der Waals surface area contributed by atoms with Gasteiger partial charge in [0, 0.05) is 30.2 Å². The molecular formula is C25H21F3O3. The predicted octanol–water partition coefficient (Wildman–Crippen LogP) is 5.15. The van der Waals surface area contributed by atoms with Crippen LogP contribution in [-0.2, 0) is 14.2 Å². The van der Waals surface area contributed by atoms with E-state index < -0.39 is 17.5 Å². The highest BCUT2D eigenvalue weighted by Crippen LogP contribution is 2.25. The van der Waals surface area contributed by atoms with E-state index in [1.807, 2.05) is 24.3 Å². The van der Waals surface area contributed by atoms with Gasteiger partial charge < -0.3 is 14.2 Å². The molecule has 0 amide bonds. The van der Waals surface area contributed by atoms with Crippen LogP contribution in [0.25, 0.3) is 10.8 Å². The standard InChI is InChI=1S/C25H21F3O3/c1-29-11-10-20-14-31-23(15-30-20)18-7-4-16(5-8-18)2-3-17-6-9-21-19(12-17)13-22(26)25(28)24(21)27/h4-9,12-13,20,23H,10-11,14-15H2,1H3/t20-,23-/m1/s1. The van der Waals surface area contributed by atoms with Gasteiger partial charge in [-0.3, -0.25) is 0 Å². The Morgan fingerprint density at radius 2 is 1.65 bits per heavy atom. The summed E-state index contributed by atoms with van der Waals surface area (Å²) < 4.78 is 57.5. The second-order valence-corrected chi connectivity index (χ2v) is 7.35. The molecule has 0 bridgehead atoms. The zero-order chi connectivity index (χ0) is 21.8. The van der Waals surface area contributed by atoms with Gasteiger partial charge in [-0.25, -0.2) is 13.2 Å². The summed E-state index contributed by atoms with van der Waals surface area (Å²) >= 11 is 0. The Balaban J connectivity index is 1.44. The molecule has 1 aliphatic heterocycles. The summed E-state index contributed by atoms with van der Waals surface area (Å²) in [6.07, 6.45) is 0.744. The van der Waals surface area contributed by atoms with Gasteiger partial charge in [-0.05, 0) is 47.7 Å². The van der Waals surface area contributed by atoms with Crippen molar-refractivity contribution in [3.05, 3.63) is 82.7 Å². The highest BCUT2D eigenvalue weighted by atomic mass is 19.2. The van der Waals surface area contributed by atoms with Crippen molar-refractivity contribution in [3.8, 4) is 11.8 Å². The number of rotatable bonds is 4. The number of benzene rings is 3. The van der Waals surface area contributed by atoms with Crippen LogP contribution in [0.1, 0.15) is 29.2 Å². The summed E-state index contributed by atoms with van der Waals surface area (Å²) in [6.45, 7) is 1.66. The number of hydrogen-bond donors (Lipinski definition) is 0. The van der Waals surface area contributed by atoms with E-state index in [4.69, 9.17) is 14.2 Å². The first-order valence-electron chi connectivity index (χ1n) is 9.96. The number of ether oxygens (including phenoxy) is 3. The van der Waals surface area contributed by atoms with Crippen molar-refractivity contribution in [3.63, 3.8) is 0 Å². The van der Waals surface area contributed by atoms with Crippen molar-refractivity contribution in [2.45, 2.75) is 18.6 Å². The molecule has 1 aliphatic rings. The fourth-order valence-electron chi connectivity index (χ4n) is 3.46. The van der Waals surface area contributed by atoms with Crippen LogP contribution in [0.3, 0.4) is 0 Å². The number of methoxy groups -OCH3 is 1. The van der Waals surface area contributed by atoms with E-state index in [2.05, 4.69) is 11.8 Å². The summed E-state index contributed by atoms with van der Waals surface area (Å²) in [4.78, 5) is 0. The molecule has 1 fully saturated rings. The van der Waals surface area contributed by atoms with Crippen molar-refractivity contribution >= 4 is 10.8 Å². The Hall–Kier alpha value is -2.85. The molecule has 1 saturated heterocycles. The second-order valence-electron chi connectivity index (χ2n) is 7.35. The number of fused-ring (bicyclic) bond motifs is 1. The lowest BCUT2D eigenvalue weighted by molar-refractivity contribution is -0.140. The first kappa shape index (κ1) is 21.4. The van der Waals surface area contributed by atoms with E-state index in [0.29, 0.717) is 25.4 Å². The molecule has 6 heteroatoms. The molecule has 0 radical (unpaired) electrons. The smallest absolute Gasteiger partial charge is 0.195 e. The fraction of sp³-hybridized carbons (Fsp3) is 0.280. The maximum Gasteiger partial charge on any atom is 0.195 e. The Labute approximate surface area is 178 Å². The molecule has 0 aliphatic carbocycles. The van der Waals surface area contributed by atoms with Crippen molar-refractivity contribution in [2.75, 3.05) is 26.9 Å². The molecular weight excluding hydrogens is 405 g/mol. The van der Waals surface area contributed by atoms with Gasteiger partial charge in [-0.2, -0.15) is 0 Å². The molecule has 2 atom stereocenters. The zero-order valence-corrected chi connectivity index (χ0v) is 17.0. The molecule has 160 valence electrons. The van der Waals surface area contributed by atoms with Crippen molar-refractivity contribution < 1.29 is 27.4 Å². The SMILES string of the molecule is COCC[C@@H]1CO[C@@H](c2ccc(C#Cc3ccc4c(F)c(F)c(F)cc4c3)cc2)CO1. The summed E-state index contributed by atoms with van der Waals surface area (Å²) in [5.74, 6) is 2.13. The maximum atomic E-state index is 13.8. The summed E-state index contributed by atoms with van der Waals surface area (Å²) in [5, 5.41) is 0.282. The summed E-state index contributed by atoms with van der Waals surface area (Å²) in [7, 11) is 1.66. The number of halogens is 3. The van der Waals surface area contributed by atoms with Crippen LogP contribution in [0.15, 0.2) is 48.5 Å². The van der Waals surface area contributed by atoms with Crippen LogP contribution in [0.4, 0.5) is 13.2 Å². The Kier molecular flexibility index (Phi) is 6.57. The molecule has 4 rings (SSSR count). The Morgan fingerprint density at radius 1 is 0.903 bits per heavy atom. The molecule has 0 aromatic heterocycles. The van der Waals surface area contributed by atoms with Crippen LogP contribution in [-0.4, -0.2) is 33.0 Å². The van der Waals surface area contributed by atoms with Crippen LogP contribution < -0.4 is 0 Å². The summed E-state index contributed by atoms with van der Waals surface area (Å²) in [6, 6.07) is 13.2. The van der Waals surface area contributed by atoms with Gasteiger partial charge in [-0.1, -0.05) is 30.0 Å². The first-order valence-corrected chi connectivity index (χ1v) is 9.96. The fourth-order valence-corrected chi connectivity index (χ4v) is 3.46. The van der Waals surface area contributed by atoms with E-state index in [-0.39, 0.29) is 23.0 Å². The lowest BCUT2D eigenvalue weighted by Crippen LogP contribution is -2.31. The molecule has 0 saturated carbocycles. The molecule has 0 unspecified atom stereocenters. The molecule has 1 heterocycles. The molecule has 3 nitrogen and oxygen atoms in total. The van der Waals surface area contributed by atoms with Gasteiger partial charge >= 0.3 is 0 Å². The Bertz CT molecular complexity index is 1120. The average molecular weight is 426 g/mol. The minimum absolute atomic E-state index is 0.0213. The third-order valence-electron chi connectivity index (χ3n) is 5.22. The van der Waals surface area contributed by atoms with E-state index in [0.717, 1.165) is 23.6 Å². The largest absolute Gasteiger partial charge is 0.385 e. The van der Waals surface area contributed by atoms with Gasteiger partial charge in [0.1, 0.15) is 6.10 Å². The van der Waals surface area contributed by atoms with Gasteiger partial charge in [-0.15, -0.1) is 0 Å². The minimum Gasteiger partial charge on any atom is -0.385 e. The quantitative estimate of drug-likeness (QED) is 0.427.